The zero-order valence-corrected chi connectivity index (χ0v) is 16.4. The van der Waals surface area contributed by atoms with Crippen molar-refractivity contribution in [3.63, 3.8) is 0 Å². The third-order valence-corrected chi connectivity index (χ3v) is 5.69. The fourth-order valence-corrected chi connectivity index (χ4v) is 4.08. The average Bonchev–Trinajstić information content (AvgIpc) is 3.15. The molecule has 1 saturated heterocycles. The van der Waals surface area contributed by atoms with Gasteiger partial charge in [-0.25, -0.2) is 0 Å². The van der Waals surface area contributed by atoms with E-state index in [9.17, 15) is 4.79 Å². The number of amides is 1. The van der Waals surface area contributed by atoms with Gasteiger partial charge < -0.3 is 20.9 Å². The summed E-state index contributed by atoms with van der Waals surface area (Å²) in [6, 6.07) is 16.1. The lowest BCUT2D eigenvalue weighted by molar-refractivity contribution is -0.134. The van der Waals surface area contributed by atoms with Crippen LogP contribution < -0.4 is 11.1 Å². The van der Waals surface area contributed by atoms with Crippen molar-refractivity contribution in [1.82, 2.24) is 15.2 Å². The van der Waals surface area contributed by atoms with E-state index in [1.165, 1.54) is 0 Å². The smallest absolute Gasteiger partial charge is 0.227 e. The Morgan fingerprint density at radius 3 is 2.62 bits per heavy atom. The van der Waals surface area contributed by atoms with Gasteiger partial charge in [-0.2, -0.15) is 0 Å². The lowest BCUT2D eigenvalue weighted by Gasteiger charge is -2.35. The summed E-state index contributed by atoms with van der Waals surface area (Å²) in [6.45, 7) is 2.52. The number of rotatable bonds is 6. The number of fused-ring (bicyclic) bond motifs is 1. The number of aromatic amines is 1. The lowest BCUT2D eigenvalue weighted by Crippen LogP contribution is -2.46. The van der Waals surface area contributed by atoms with E-state index in [2.05, 4.69) is 22.4 Å². The molecule has 0 atom stereocenters. The monoisotopic (exact) mass is 389 g/mol. The molecule has 0 aliphatic carbocycles. The van der Waals surface area contributed by atoms with Crippen LogP contribution >= 0.6 is 0 Å². The molecule has 4 rings (SSSR count). The number of nitrogens with one attached hydrogen (secondary N) is 3. The Bertz CT molecular complexity index is 1000. The first-order chi connectivity index (χ1) is 14.1. The maximum Gasteiger partial charge on any atom is 0.227 e. The van der Waals surface area contributed by atoms with E-state index in [0.29, 0.717) is 18.5 Å². The minimum atomic E-state index is 0.0331. The summed E-state index contributed by atoms with van der Waals surface area (Å²) in [5.74, 6) is 0.167. The van der Waals surface area contributed by atoms with Crippen molar-refractivity contribution >= 4 is 22.6 Å². The van der Waals surface area contributed by atoms with Crippen LogP contribution in [0, 0.1) is 5.41 Å². The minimum Gasteiger partial charge on any atom is -0.384 e. The van der Waals surface area contributed by atoms with Gasteiger partial charge in [-0.3, -0.25) is 10.2 Å². The molecule has 1 fully saturated rings. The van der Waals surface area contributed by atoms with Crippen molar-refractivity contribution in [2.24, 2.45) is 5.73 Å². The number of carbonyl (C=O) groups is 1. The van der Waals surface area contributed by atoms with E-state index in [4.69, 9.17) is 11.1 Å². The number of benzene rings is 2. The lowest BCUT2D eigenvalue weighted by atomic mass is 10.0. The summed E-state index contributed by atoms with van der Waals surface area (Å²) in [4.78, 5) is 18.7. The van der Waals surface area contributed by atoms with Crippen LogP contribution in [0.4, 0.5) is 0 Å². The molecule has 6 nitrogen and oxygen atoms in total. The zero-order chi connectivity index (χ0) is 20.2. The van der Waals surface area contributed by atoms with Crippen LogP contribution in [-0.2, 0) is 17.8 Å². The Kier molecular flexibility index (Phi) is 5.62. The normalized spacial score (nSPS) is 14.8. The minimum absolute atomic E-state index is 0.0331. The van der Waals surface area contributed by atoms with Gasteiger partial charge in [0.1, 0.15) is 5.84 Å². The Labute approximate surface area is 170 Å². The quantitative estimate of drug-likeness (QED) is 0.385. The first-order valence-corrected chi connectivity index (χ1v) is 10.1. The second-order valence-electron chi connectivity index (χ2n) is 7.65. The van der Waals surface area contributed by atoms with Crippen molar-refractivity contribution < 1.29 is 4.79 Å². The third kappa shape index (κ3) is 4.32. The summed E-state index contributed by atoms with van der Waals surface area (Å²) in [6.07, 6.45) is 4.18. The summed E-state index contributed by atoms with van der Waals surface area (Å²) >= 11 is 0. The number of amidine groups is 1. The summed E-state index contributed by atoms with van der Waals surface area (Å²) in [7, 11) is 0. The van der Waals surface area contributed by atoms with Gasteiger partial charge in [-0.05, 0) is 55.3 Å². The van der Waals surface area contributed by atoms with Crippen molar-refractivity contribution in [2.45, 2.75) is 31.8 Å². The van der Waals surface area contributed by atoms with Gasteiger partial charge in [0.05, 0.1) is 6.42 Å². The van der Waals surface area contributed by atoms with Gasteiger partial charge in [0.2, 0.25) is 5.91 Å². The van der Waals surface area contributed by atoms with E-state index in [1.54, 1.807) is 0 Å². The number of nitrogens with two attached hydrogens (primary N) is 1. The van der Waals surface area contributed by atoms with Crippen LogP contribution in [-0.4, -0.2) is 40.8 Å². The number of hydrogen-bond donors (Lipinski definition) is 4. The van der Waals surface area contributed by atoms with Gasteiger partial charge in [-0.15, -0.1) is 0 Å². The maximum atomic E-state index is 13.4. The van der Waals surface area contributed by atoms with E-state index in [-0.39, 0.29) is 17.8 Å². The number of hydrogen-bond acceptors (Lipinski definition) is 3. The Hall–Kier alpha value is -3.12. The molecule has 2 aromatic carbocycles. The molecule has 1 aliphatic heterocycles. The van der Waals surface area contributed by atoms with Gasteiger partial charge in [0.15, 0.2) is 0 Å². The predicted octanol–water partition coefficient (Wildman–Crippen LogP) is 2.78. The van der Waals surface area contributed by atoms with Crippen molar-refractivity contribution in [3.05, 3.63) is 71.4 Å². The molecular formula is C23H27N5O. The van der Waals surface area contributed by atoms with E-state index in [0.717, 1.165) is 48.0 Å². The van der Waals surface area contributed by atoms with Crippen molar-refractivity contribution in [2.75, 3.05) is 13.1 Å². The van der Waals surface area contributed by atoms with Gasteiger partial charge in [0.25, 0.3) is 0 Å². The number of H-pyrrole nitrogens is 1. The molecule has 3 aromatic rings. The summed E-state index contributed by atoms with van der Waals surface area (Å²) < 4.78 is 0. The molecule has 0 bridgehead atoms. The molecular weight excluding hydrogens is 362 g/mol. The summed E-state index contributed by atoms with van der Waals surface area (Å²) in [5.41, 5.74) is 9.37. The van der Waals surface area contributed by atoms with Crippen LogP contribution in [0.3, 0.4) is 0 Å². The number of nitrogens with zero attached hydrogens (tertiary/aromatic N) is 1. The van der Waals surface area contributed by atoms with Crippen LogP contribution in [0.5, 0.6) is 0 Å². The molecule has 5 N–H and O–H groups in total. The molecule has 29 heavy (non-hydrogen) atoms. The van der Waals surface area contributed by atoms with E-state index >= 15 is 0 Å². The van der Waals surface area contributed by atoms with E-state index in [1.807, 2.05) is 47.5 Å². The number of aromatic nitrogens is 1. The molecule has 0 spiro atoms. The molecule has 1 aromatic heterocycles. The molecule has 2 heterocycles. The second kappa shape index (κ2) is 8.49. The Balaban J connectivity index is 1.59. The average molecular weight is 390 g/mol. The largest absolute Gasteiger partial charge is 0.384 e. The maximum absolute atomic E-state index is 13.4. The van der Waals surface area contributed by atoms with Gasteiger partial charge in [-0.1, -0.05) is 30.3 Å². The highest BCUT2D eigenvalue weighted by Gasteiger charge is 2.26. The molecule has 150 valence electrons. The van der Waals surface area contributed by atoms with Crippen LogP contribution in [0.1, 0.15) is 29.5 Å². The van der Waals surface area contributed by atoms with Crippen LogP contribution in [0.2, 0.25) is 0 Å². The molecule has 0 saturated carbocycles. The first-order valence-electron chi connectivity index (χ1n) is 10.1. The number of carbonyl (C=O) groups excluding carboxylic acids is 1. The third-order valence-electron chi connectivity index (χ3n) is 5.69. The highest BCUT2D eigenvalue weighted by molar-refractivity contribution is 6.00. The van der Waals surface area contributed by atoms with Crippen molar-refractivity contribution in [1.29, 1.82) is 5.41 Å². The molecule has 6 heteroatoms. The first kappa shape index (κ1) is 19.2. The highest BCUT2D eigenvalue weighted by atomic mass is 16.2. The van der Waals surface area contributed by atoms with Crippen molar-refractivity contribution in [3.8, 4) is 0 Å². The zero-order valence-electron chi connectivity index (χ0n) is 16.4. The van der Waals surface area contributed by atoms with Gasteiger partial charge in [0, 0.05) is 35.2 Å². The summed E-state index contributed by atoms with van der Waals surface area (Å²) in [5, 5.41) is 12.0. The van der Waals surface area contributed by atoms with Crippen LogP contribution in [0.25, 0.3) is 10.9 Å². The molecule has 0 radical (unpaired) electrons. The fourth-order valence-electron chi connectivity index (χ4n) is 4.08. The Morgan fingerprint density at radius 1 is 1.14 bits per heavy atom. The number of piperidine rings is 1. The topological polar surface area (TPSA) is 98.0 Å². The Morgan fingerprint density at radius 2 is 1.90 bits per heavy atom. The number of nitrogen functional groups attached to an aromatic ring is 1. The van der Waals surface area contributed by atoms with E-state index < -0.39 is 0 Å². The molecule has 0 unspecified atom stereocenters. The van der Waals surface area contributed by atoms with Crippen LogP contribution in [0.15, 0.2) is 54.7 Å². The molecule has 1 aliphatic rings. The standard InChI is InChI=1S/C23H27N5O/c24-23(25)17-6-7-21-20(12-17)18(14-27-21)13-22(29)28(19-8-10-26-11-9-19)15-16-4-2-1-3-5-16/h1-7,12,14,19,26-27H,8-11,13,15H2,(H3,24,25). The SMILES string of the molecule is N=C(N)c1ccc2[nH]cc(CC(=O)N(Cc3ccccc3)C3CCNCC3)c2c1. The highest BCUT2D eigenvalue weighted by Crippen LogP contribution is 2.23. The van der Waals surface area contributed by atoms with Gasteiger partial charge >= 0.3 is 0 Å². The predicted molar refractivity (Wildman–Crippen MR) is 116 cm³/mol. The molecule has 1 amide bonds. The second-order valence-corrected chi connectivity index (χ2v) is 7.65. The fraction of sp³-hybridized carbons (Fsp3) is 0.304.